The maximum Gasteiger partial charge on any atom is 0.161 e. The quantitative estimate of drug-likeness (QED) is 0.748. The number of ether oxygens (including phenoxy) is 1. The minimum absolute atomic E-state index is 0.0174. The maximum absolute atomic E-state index is 11.5. The predicted molar refractivity (Wildman–Crippen MR) is 99.1 cm³/mol. The van der Waals surface area contributed by atoms with Gasteiger partial charge in [-0.15, -0.1) is 0 Å². The van der Waals surface area contributed by atoms with E-state index in [4.69, 9.17) is 9.15 Å². The molecule has 0 aliphatic carbocycles. The van der Waals surface area contributed by atoms with E-state index in [2.05, 4.69) is 4.99 Å². The summed E-state index contributed by atoms with van der Waals surface area (Å²) < 4.78 is 11.1. The number of carbonyl (C=O) groups is 1. The first-order valence-electron chi connectivity index (χ1n) is 8.55. The molecule has 1 heterocycles. The number of nitrogens with zero attached hydrogens (tertiary/aromatic N) is 1. The molecule has 3 rings (SSSR count). The van der Waals surface area contributed by atoms with Crippen LogP contribution in [0.3, 0.4) is 0 Å². The summed E-state index contributed by atoms with van der Waals surface area (Å²) in [5.74, 6) is -0.634. The number of para-hydroxylation sites is 1. The van der Waals surface area contributed by atoms with Gasteiger partial charge in [-0.25, -0.2) is 0 Å². The number of hydrogen-bond donors (Lipinski definition) is 1. The lowest BCUT2D eigenvalue weighted by Crippen LogP contribution is -2.39. The number of carbonyl (C=O) groups excluding carboxylic acids is 1. The summed E-state index contributed by atoms with van der Waals surface area (Å²) in [6.45, 7) is 3.57. The van der Waals surface area contributed by atoms with Crippen LogP contribution in [0.25, 0.3) is 22.3 Å². The zero-order chi connectivity index (χ0) is 19.6. The van der Waals surface area contributed by atoms with Gasteiger partial charge in [-0.2, -0.15) is 0 Å². The van der Waals surface area contributed by atoms with E-state index in [9.17, 15) is 15.0 Å². The van der Waals surface area contributed by atoms with Crippen molar-refractivity contribution in [3.63, 3.8) is 0 Å². The molecule has 6 nitrogen and oxygen atoms in total. The Labute approximate surface area is 156 Å². The topological polar surface area (TPSA) is 95.1 Å². The van der Waals surface area contributed by atoms with E-state index in [0.29, 0.717) is 33.4 Å². The van der Waals surface area contributed by atoms with Crippen LogP contribution in [0.2, 0.25) is 0 Å². The van der Waals surface area contributed by atoms with E-state index in [1.54, 1.807) is 38.1 Å². The van der Waals surface area contributed by atoms with Gasteiger partial charge in [0.2, 0.25) is 0 Å². The highest BCUT2D eigenvalue weighted by atomic mass is 16.5. The van der Waals surface area contributed by atoms with E-state index in [1.165, 1.54) is 13.2 Å². The summed E-state index contributed by atoms with van der Waals surface area (Å²) in [7, 11) is 1.46. The third-order valence-electron chi connectivity index (χ3n) is 4.27. The Balaban J connectivity index is 2.27. The molecule has 1 atom stereocenters. The second kappa shape index (κ2) is 7.53. The standard InChI is InChI=1S/C21H21NO5/c1-12(2)20(21(24)25)22-15-11-18(27-17-7-5-4-6-14(15)17)13-8-9-16(23)19(10-13)26-3/h4-12,20,23H,1-3H3,(H,24,25)/p-1/t20-/m1/s1. The van der Waals surface area contributed by atoms with E-state index in [0.717, 1.165) is 0 Å². The van der Waals surface area contributed by atoms with Gasteiger partial charge in [0, 0.05) is 17.0 Å². The number of hydrogen-bond acceptors (Lipinski definition) is 6. The van der Waals surface area contributed by atoms with Crippen LogP contribution in [-0.4, -0.2) is 24.2 Å². The molecule has 0 amide bonds. The van der Waals surface area contributed by atoms with Crippen molar-refractivity contribution in [2.24, 2.45) is 10.9 Å². The van der Waals surface area contributed by atoms with Crippen molar-refractivity contribution in [2.45, 2.75) is 19.9 Å². The van der Waals surface area contributed by atoms with Crippen LogP contribution in [-0.2, 0) is 4.79 Å². The summed E-state index contributed by atoms with van der Waals surface area (Å²) in [5.41, 5.74) is 1.24. The van der Waals surface area contributed by atoms with Crippen LogP contribution in [0.4, 0.5) is 0 Å². The number of aliphatic carboxylic acids is 1. The smallest absolute Gasteiger partial charge is 0.161 e. The number of carboxylic acids is 1. The van der Waals surface area contributed by atoms with Gasteiger partial charge in [-0.3, -0.25) is 4.99 Å². The first-order chi connectivity index (χ1) is 12.9. The fourth-order valence-electron chi connectivity index (χ4n) is 2.82. The van der Waals surface area contributed by atoms with E-state index < -0.39 is 12.0 Å². The lowest BCUT2D eigenvalue weighted by Gasteiger charge is -2.17. The summed E-state index contributed by atoms with van der Waals surface area (Å²) >= 11 is 0. The molecule has 0 spiro atoms. The molecule has 0 saturated heterocycles. The number of phenolic OH excluding ortho intramolecular Hbond substituents is 1. The van der Waals surface area contributed by atoms with Crippen molar-refractivity contribution in [3.05, 3.63) is 53.9 Å². The minimum Gasteiger partial charge on any atom is -0.548 e. The number of aromatic hydroxyl groups is 1. The highest BCUT2D eigenvalue weighted by Crippen LogP contribution is 2.32. The molecule has 3 aromatic rings. The molecule has 0 bridgehead atoms. The molecule has 1 aromatic heterocycles. The Morgan fingerprint density at radius 2 is 1.93 bits per heavy atom. The van der Waals surface area contributed by atoms with E-state index in [1.807, 2.05) is 18.2 Å². The van der Waals surface area contributed by atoms with Crippen molar-refractivity contribution in [1.82, 2.24) is 0 Å². The maximum atomic E-state index is 11.5. The lowest BCUT2D eigenvalue weighted by atomic mass is 10.1. The number of benzene rings is 2. The number of phenols is 1. The molecule has 0 aliphatic rings. The zero-order valence-corrected chi connectivity index (χ0v) is 15.3. The van der Waals surface area contributed by atoms with E-state index in [-0.39, 0.29) is 11.7 Å². The van der Waals surface area contributed by atoms with Gasteiger partial charge >= 0.3 is 0 Å². The minimum atomic E-state index is -1.22. The first-order valence-corrected chi connectivity index (χ1v) is 8.55. The molecular weight excluding hydrogens is 346 g/mol. The fourth-order valence-corrected chi connectivity index (χ4v) is 2.82. The van der Waals surface area contributed by atoms with Crippen molar-refractivity contribution in [3.8, 4) is 22.8 Å². The highest BCUT2D eigenvalue weighted by molar-refractivity contribution is 5.79. The lowest BCUT2D eigenvalue weighted by molar-refractivity contribution is -0.308. The fraction of sp³-hybridized carbons (Fsp3) is 0.238. The zero-order valence-electron chi connectivity index (χ0n) is 15.3. The van der Waals surface area contributed by atoms with Gasteiger partial charge in [0.25, 0.3) is 0 Å². The summed E-state index contributed by atoms with van der Waals surface area (Å²) in [6, 6.07) is 12.8. The summed E-state index contributed by atoms with van der Waals surface area (Å²) in [5, 5.41) is 22.5. The summed E-state index contributed by atoms with van der Waals surface area (Å²) in [4.78, 5) is 15.9. The van der Waals surface area contributed by atoms with Crippen molar-refractivity contribution in [2.75, 3.05) is 7.11 Å². The van der Waals surface area contributed by atoms with Crippen LogP contribution < -0.4 is 15.2 Å². The van der Waals surface area contributed by atoms with Crippen molar-refractivity contribution >= 4 is 16.9 Å². The van der Waals surface area contributed by atoms with Gasteiger partial charge in [-0.1, -0.05) is 26.0 Å². The Kier molecular flexibility index (Phi) is 5.16. The average molecular weight is 366 g/mol. The second-order valence-corrected chi connectivity index (χ2v) is 6.52. The number of rotatable bonds is 5. The normalized spacial score (nSPS) is 13.1. The highest BCUT2D eigenvalue weighted by Gasteiger charge is 2.14. The Bertz CT molecular complexity index is 1050. The third-order valence-corrected chi connectivity index (χ3v) is 4.27. The van der Waals surface area contributed by atoms with Crippen LogP contribution in [0.1, 0.15) is 13.8 Å². The largest absolute Gasteiger partial charge is 0.548 e. The molecule has 27 heavy (non-hydrogen) atoms. The van der Waals surface area contributed by atoms with Gasteiger partial charge in [0.15, 0.2) is 11.5 Å². The predicted octanol–water partition coefficient (Wildman–Crippen LogP) is 2.49. The molecule has 0 radical (unpaired) electrons. The van der Waals surface area contributed by atoms with Gasteiger partial charge in [-0.05, 0) is 36.2 Å². The molecule has 0 saturated carbocycles. The molecule has 140 valence electrons. The van der Waals surface area contributed by atoms with Crippen LogP contribution >= 0.6 is 0 Å². The van der Waals surface area contributed by atoms with Crippen molar-refractivity contribution in [1.29, 1.82) is 0 Å². The van der Waals surface area contributed by atoms with Crippen LogP contribution in [0.15, 0.2) is 57.9 Å². The Hall–Kier alpha value is -3.28. The number of methoxy groups -OCH3 is 1. The number of fused-ring (bicyclic) bond motifs is 1. The Morgan fingerprint density at radius 1 is 1.19 bits per heavy atom. The van der Waals surface area contributed by atoms with Crippen LogP contribution in [0, 0.1) is 5.92 Å². The van der Waals surface area contributed by atoms with Gasteiger partial charge in [0.05, 0.1) is 24.5 Å². The van der Waals surface area contributed by atoms with Gasteiger partial charge in [0.1, 0.15) is 11.3 Å². The molecule has 6 heteroatoms. The Morgan fingerprint density at radius 3 is 2.59 bits per heavy atom. The third kappa shape index (κ3) is 3.79. The summed E-state index contributed by atoms with van der Waals surface area (Å²) in [6.07, 6.45) is 0. The van der Waals surface area contributed by atoms with Crippen LogP contribution in [0.5, 0.6) is 11.5 Å². The molecule has 0 fully saturated rings. The van der Waals surface area contributed by atoms with E-state index >= 15 is 0 Å². The molecular formula is C21H20NO5-. The molecule has 2 aromatic carbocycles. The average Bonchev–Trinajstić information content (AvgIpc) is 2.65. The SMILES string of the molecule is COc1cc(-c2cc(=N[C@@H](C(=O)[O-])C(C)C)c3ccccc3o2)ccc1O. The first kappa shape index (κ1) is 18.5. The molecule has 0 aliphatic heterocycles. The monoisotopic (exact) mass is 366 g/mol. The second-order valence-electron chi connectivity index (χ2n) is 6.52. The number of carboxylic acid groups (broad SMARTS) is 1. The molecule has 0 unspecified atom stereocenters. The van der Waals surface area contributed by atoms with Crippen molar-refractivity contribution < 1.29 is 24.2 Å². The molecule has 1 N–H and O–H groups in total. The van der Waals surface area contributed by atoms with Gasteiger partial charge < -0.3 is 24.2 Å².